The smallest absolute Gasteiger partial charge is 0.321 e. The molecule has 0 aliphatic carbocycles. The molecule has 1 unspecified atom stereocenters. The van der Waals surface area contributed by atoms with Gasteiger partial charge in [0.15, 0.2) is 0 Å². The molecule has 17 heavy (non-hydrogen) atoms. The van der Waals surface area contributed by atoms with Crippen LogP contribution in [0.1, 0.15) is 19.8 Å². The molecule has 0 aromatic rings. The van der Waals surface area contributed by atoms with Crippen LogP contribution >= 0.6 is 0 Å². The highest BCUT2D eigenvalue weighted by atomic mass is 32.2. The lowest BCUT2D eigenvalue weighted by atomic mass is 10.2. The van der Waals surface area contributed by atoms with Crippen molar-refractivity contribution >= 4 is 25.8 Å². The number of sulfone groups is 1. The predicted molar refractivity (Wildman–Crippen MR) is 63.0 cm³/mol. The van der Waals surface area contributed by atoms with E-state index in [2.05, 4.69) is 0 Å². The second kappa shape index (κ2) is 6.31. The van der Waals surface area contributed by atoms with Gasteiger partial charge in [-0.3, -0.25) is 4.79 Å². The lowest BCUT2D eigenvalue weighted by Gasteiger charge is -2.13. The van der Waals surface area contributed by atoms with Gasteiger partial charge in [-0.05, 0) is 6.42 Å². The minimum Gasteiger partial charge on any atom is -0.480 e. The van der Waals surface area contributed by atoms with Crippen molar-refractivity contribution in [3.63, 3.8) is 0 Å². The van der Waals surface area contributed by atoms with Crippen LogP contribution < -0.4 is 4.72 Å². The monoisotopic (exact) mass is 287 g/mol. The van der Waals surface area contributed by atoms with Crippen LogP contribution in [0.5, 0.6) is 0 Å². The molecule has 0 aliphatic heterocycles. The summed E-state index contributed by atoms with van der Waals surface area (Å²) in [6.07, 6.45) is 1.59. The van der Waals surface area contributed by atoms with E-state index in [1.54, 1.807) is 6.92 Å². The Kier molecular flexibility index (Phi) is 6.06. The molecule has 0 amide bonds. The highest BCUT2D eigenvalue weighted by molar-refractivity contribution is 7.93. The van der Waals surface area contributed by atoms with Gasteiger partial charge < -0.3 is 5.11 Å². The summed E-state index contributed by atoms with van der Waals surface area (Å²) < 4.78 is 46.5. The van der Waals surface area contributed by atoms with Crippen LogP contribution in [-0.2, 0) is 24.7 Å². The Morgan fingerprint density at radius 2 is 1.76 bits per heavy atom. The summed E-state index contributed by atoms with van der Waals surface area (Å²) in [6, 6.07) is -1.20. The van der Waals surface area contributed by atoms with E-state index in [0.29, 0.717) is 6.42 Å². The third kappa shape index (κ3) is 8.11. The first kappa shape index (κ1) is 16.3. The van der Waals surface area contributed by atoms with E-state index in [0.717, 1.165) is 6.26 Å². The zero-order valence-electron chi connectivity index (χ0n) is 9.71. The van der Waals surface area contributed by atoms with Gasteiger partial charge >= 0.3 is 5.97 Å². The quantitative estimate of drug-likeness (QED) is 0.603. The molecule has 0 bridgehead atoms. The molecule has 0 saturated carbocycles. The van der Waals surface area contributed by atoms with E-state index < -0.39 is 43.4 Å². The Morgan fingerprint density at radius 1 is 1.24 bits per heavy atom. The van der Waals surface area contributed by atoms with Crippen molar-refractivity contribution in [1.82, 2.24) is 4.72 Å². The minimum absolute atomic E-state index is 0.160. The van der Waals surface area contributed by atoms with Gasteiger partial charge in [0.05, 0.1) is 11.5 Å². The Balaban J connectivity index is 4.57. The van der Waals surface area contributed by atoms with Crippen LogP contribution in [0.25, 0.3) is 0 Å². The fraction of sp³-hybridized carbons (Fsp3) is 0.875. The largest absolute Gasteiger partial charge is 0.480 e. The fourth-order valence-corrected chi connectivity index (χ4v) is 3.92. The number of carbonyl (C=O) groups is 1. The topological polar surface area (TPSA) is 118 Å². The number of carboxylic acids is 1. The summed E-state index contributed by atoms with van der Waals surface area (Å²) in [5.41, 5.74) is 0. The maximum atomic E-state index is 11.4. The van der Waals surface area contributed by atoms with Crippen molar-refractivity contribution < 1.29 is 26.7 Å². The van der Waals surface area contributed by atoms with Crippen molar-refractivity contribution in [2.45, 2.75) is 25.8 Å². The molecule has 0 fully saturated rings. The molecule has 7 nitrogen and oxygen atoms in total. The molecule has 0 aliphatic rings. The van der Waals surface area contributed by atoms with E-state index >= 15 is 0 Å². The summed E-state index contributed by atoms with van der Waals surface area (Å²) in [6.45, 7) is 1.72. The molecule has 0 spiro atoms. The molecule has 102 valence electrons. The van der Waals surface area contributed by atoms with E-state index in [9.17, 15) is 21.6 Å². The number of nitrogens with one attached hydrogen (secondary N) is 1. The highest BCUT2D eigenvalue weighted by Crippen LogP contribution is 2.00. The van der Waals surface area contributed by atoms with Crippen LogP contribution in [0.3, 0.4) is 0 Å². The van der Waals surface area contributed by atoms with Gasteiger partial charge in [-0.2, -0.15) is 0 Å². The van der Waals surface area contributed by atoms with Crippen molar-refractivity contribution in [1.29, 1.82) is 0 Å². The average Bonchev–Trinajstić information content (AvgIpc) is 2.13. The van der Waals surface area contributed by atoms with Crippen molar-refractivity contribution in [3.8, 4) is 0 Å². The number of sulfonamides is 1. The Labute approximate surface area is 101 Å². The molecular formula is C8H17NO6S2. The Hall–Kier alpha value is -0.670. The van der Waals surface area contributed by atoms with Crippen LogP contribution in [0.2, 0.25) is 0 Å². The summed E-state index contributed by atoms with van der Waals surface area (Å²) in [7, 11) is -7.28. The van der Waals surface area contributed by atoms with Gasteiger partial charge in [-0.1, -0.05) is 13.3 Å². The van der Waals surface area contributed by atoms with Crippen LogP contribution in [-0.4, -0.2) is 51.7 Å². The second-order valence-corrected chi connectivity index (χ2v) is 7.88. The first-order valence-corrected chi connectivity index (χ1v) is 8.69. The first-order valence-electron chi connectivity index (χ1n) is 4.98. The molecule has 0 heterocycles. The SMILES string of the molecule is CCCC(NS(=O)(=O)CCS(C)(=O)=O)C(=O)O. The van der Waals surface area contributed by atoms with Crippen LogP contribution in [0.4, 0.5) is 0 Å². The summed E-state index contributed by atoms with van der Waals surface area (Å²) in [5, 5.41) is 8.75. The van der Waals surface area contributed by atoms with E-state index in [4.69, 9.17) is 5.11 Å². The summed E-state index contributed by atoms with van der Waals surface area (Å²) in [5.74, 6) is -2.42. The number of hydrogen-bond acceptors (Lipinski definition) is 5. The predicted octanol–water partition coefficient (Wildman–Crippen LogP) is -0.796. The third-order valence-electron chi connectivity index (χ3n) is 1.92. The van der Waals surface area contributed by atoms with Crippen molar-refractivity contribution in [2.75, 3.05) is 17.8 Å². The minimum atomic E-state index is -3.89. The molecular weight excluding hydrogens is 270 g/mol. The zero-order valence-corrected chi connectivity index (χ0v) is 11.3. The van der Waals surface area contributed by atoms with Gasteiger partial charge in [-0.15, -0.1) is 0 Å². The van der Waals surface area contributed by atoms with Crippen molar-refractivity contribution in [2.24, 2.45) is 0 Å². The average molecular weight is 287 g/mol. The highest BCUT2D eigenvalue weighted by Gasteiger charge is 2.23. The van der Waals surface area contributed by atoms with E-state index in [-0.39, 0.29) is 6.42 Å². The summed E-state index contributed by atoms with van der Waals surface area (Å²) >= 11 is 0. The lowest BCUT2D eigenvalue weighted by molar-refractivity contribution is -0.139. The van der Waals surface area contributed by atoms with Gasteiger partial charge in [0.2, 0.25) is 10.0 Å². The third-order valence-corrected chi connectivity index (χ3v) is 4.51. The molecule has 9 heteroatoms. The van der Waals surface area contributed by atoms with E-state index in [1.807, 2.05) is 4.72 Å². The molecule has 0 aromatic carbocycles. The van der Waals surface area contributed by atoms with Gasteiger partial charge in [-0.25, -0.2) is 21.6 Å². The van der Waals surface area contributed by atoms with Crippen LogP contribution in [0.15, 0.2) is 0 Å². The van der Waals surface area contributed by atoms with Gasteiger partial charge in [0, 0.05) is 6.26 Å². The van der Waals surface area contributed by atoms with Gasteiger partial charge in [0.25, 0.3) is 0 Å². The summed E-state index contributed by atoms with van der Waals surface area (Å²) in [4.78, 5) is 10.7. The maximum absolute atomic E-state index is 11.4. The maximum Gasteiger partial charge on any atom is 0.321 e. The first-order chi connectivity index (χ1) is 7.57. The Morgan fingerprint density at radius 3 is 2.12 bits per heavy atom. The lowest BCUT2D eigenvalue weighted by Crippen LogP contribution is -2.42. The fourth-order valence-electron chi connectivity index (χ4n) is 1.06. The molecule has 0 aromatic heterocycles. The number of rotatable bonds is 8. The van der Waals surface area contributed by atoms with E-state index in [1.165, 1.54) is 0 Å². The second-order valence-electron chi connectivity index (χ2n) is 3.75. The van der Waals surface area contributed by atoms with Crippen LogP contribution in [0, 0.1) is 0 Å². The Bertz CT molecular complexity index is 452. The molecule has 1 atom stereocenters. The zero-order chi connectivity index (χ0) is 13.7. The molecule has 0 rings (SSSR count). The molecule has 0 saturated heterocycles. The number of aliphatic carboxylic acids is 1. The normalized spacial score (nSPS) is 14.5. The number of carboxylic acid groups (broad SMARTS) is 1. The standard InChI is InChI=1S/C8H17NO6S2/c1-3-4-7(8(10)11)9-17(14,15)6-5-16(2,12)13/h7,9H,3-6H2,1-2H3,(H,10,11). The molecule has 2 N–H and O–H groups in total. The van der Waals surface area contributed by atoms with Crippen molar-refractivity contribution in [3.05, 3.63) is 0 Å². The number of hydrogen-bond donors (Lipinski definition) is 2. The van der Waals surface area contributed by atoms with Gasteiger partial charge in [0.1, 0.15) is 15.9 Å². The molecule has 0 radical (unpaired) electrons.